The second-order valence-corrected chi connectivity index (χ2v) is 3.86. The van der Waals surface area contributed by atoms with E-state index < -0.39 is 6.04 Å². The van der Waals surface area contributed by atoms with E-state index in [1.807, 2.05) is 0 Å². The smallest absolute Gasteiger partial charge is 0.168 e. The molecule has 2 aromatic rings. The van der Waals surface area contributed by atoms with Crippen LogP contribution in [0.3, 0.4) is 0 Å². The van der Waals surface area contributed by atoms with Crippen LogP contribution in [0.15, 0.2) is 30.9 Å². The van der Waals surface area contributed by atoms with Gasteiger partial charge >= 0.3 is 0 Å². The fraction of sp³-hybridized carbons (Fsp3) is 0.100. The SMILES string of the molecule is N#CC(c1c(Cl)cccc1Cl)n1cncn1. The van der Waals surface area contributed by atoms with E-state index in [-0.39, 0.29) is 0 Å². The molecule has 80 valence electrons. The van der Waals surface area contributed by atoms with Gasteiger partial charge in [0.15, 0.2) is 6.04 Å². The van der Waals surface area contributed by atoms with Crippen molar-refractivity contribution in [1.29, 1.82) is 5.26 Å². The Morgan fingerprint density at radius 3 is 2.50 bits per heavy atom. The van der Waals surface area contributed by atoms with Crippen molar-refractivity contribution < 1.29 is 0 Å². The number of benzene rings is 1. The summed E-state index contributed by atoms with van der Waals surface area (Å²) in [6.07, 6.45) is 2.81. The predicted octanol–water partition coefficient (Wildman–Crippen LogP) is 2.70. The molecule has 0 saturated carbocycles. The van der Waals surface area contributed by atoms with Gasteiger partial charge < -0.3 is 0 Å². The van der Waals surface area contributed by atoms with Gasteiger partial charge in [-0.1, -0.05) is 29.3 Å². The Labute approximate surface area is 102 Å². The molecule has 0 spiro atoms. The molecule has 0 amide bonds. The third kappa shape index (κ3) is 1.87. The van der Waals surface area contributed by atoms with Crippen LogP contribution in [0.4, 0.5) is 0 Å². The summed E-state index contributed by atoms with van der Waals surface area (Å²) in [5.74, 6) is 0. The Bertz CT molecular complexity index is 510. The zero-order chi connectivity index (χ0) is 11.5. The molecule has 1 heterocycles. The lowest BCUT2D eigenvalue weighted by atomic mass is 10.1. The van der Waals surface area contributed by atoms with E-state index in [1.165, 1.54) is 17.3 Å². The van der Waals surface area contributed by atoms with E-state index in [4.69, 9.17) is 28.5 Å². The number of nitriles is 1. The normalized spacial score (nSPS) is 12.1. The molecule has 0 radical (unpaired) electrons. The van der Waals surface area contributed by atoms with Crippen LogP contribution in [-0.2, 0) is 0 Å². The molecule has 2 rings (SSSR count). The highest BCUT2D eigenvalue weighted by Gasteiger charge is 2.19. The molecule has 0 aliphatic rings. The first kappa shape index (κ1) is 10.9. The quantitative estimate of drug-likeness (QED) is 0.826. The minimum absolute atomic E-state index is 0.439. The van der Waals surface area contributed by atoms with E-state index in [9.17, 15) is 0 Å². The van der Waals surface area contributed by atoms with Gasteiger partial charge in [-0.3, -0.25) is 0 Å². The molecule has 1 unspecified atom stereocenters. The van der Waals surface area contributed by atoms with E-state index >= 15 is 0 Å². The Balaban J connectivity index is 2.55. The van der Waals surface area contributed by atoms with Gasteiger partial charge in [-0.25, -0.2) is 9.67 Å². The molecule has 0 saturated heterocycles. The minimum atomic E-state index is -0.663. The number of rotatable bonds is 2. The fourth-order valence-electron chi connectivity index (χ4n) is 1.38. The third-order valence-electron chi connectivity index (χ3n) is 2.10. The lowest BCUT2D eigenvalue weighted by Crippen LogP contribution is -2.10. The average molecular weight is 253 g/mol. The summed E-state index contributed by atoms with van der Waals surface area (Å²) in [4.78, 5) is 3.79. The van der Waals surface area contributed by atoms with Crippen molar-refractivity contribution in [3.8, 4) is 6.07 Å². The van der Waals surface area contributed by atoms with Crippen molar-refractivity contribution in [2.75, 3.05) is 0 Å². The predicted molar refractivity (Wildman–Crippen MR) is 60.2 cm³/mol. The molecular formula is C10H6Cl2N4. The molecule has 4 nitrogen and oxygen atoms in total. The van der Waals surface area contributed by atoms with Crippen molar-refractivity contribution >= 4 is 23.2 Å². The van der Waals surface area contributed by atoms with Crippen LogP contribution in [-0.4, -0.2) is 14.8 Å². The molecule has 0 aliphatic heterocycles. The maximum atomic E-state index is 9.14. The minimum Gasteiger partial charge on any atom is -0.231 e. The van der Waals surface area contributed by atoms with E-state index in [2.05, 4.69) is 16.2 Å². The molecule has 1 aromatic carbocycles. The van der Waals surface area contributed by atoms with E-state index in [1.54, 1.807) is 18.2 Å². The summed E-state index contributed by atoms with van der Waals surface area (Å²) in [6.45, 7) is 0. The van der Waals surface area contributed by atoms with Crippen molar-refractivity contribution in [2.45, 2.75) is 6.04 Å². The molecule has 1 atom stereocenters. The standard InChI is InChI=1S/C10H6Cl2N4/c11-7-2-1-3-8(12)10(7)9(4-13)16-6-14-5-15-16/h1-3,5-6,9H. The van der Waals surface area contributed by atoms with Crippen LogP contribution in [0.1, 0.15) is 11.6 Å². The lowest BCUT2D eigenvalue weighted by molar-refractivity contribution is 0.620. The summed E-state index contributed by atoms with van der Waals surface area (Å²) < 4.78 is 1.41. The molecule has 0 N–H and O–H groups in total. The highest BCUT2D eigenvalue weighted by atomic mass is 35.5. The molecule has 6 heteroatoms. The van der Waals surface area contributed by atoms with Crippen LogP contribution >= 0.6 is 23.2 Å². The van der Waals surface area contributed by atoms with E-state index in [0.717, 1.165) is 0 Å². The van der Waals surface area contributed by atoms with Crippen LogP contribution in [0, 0.1) is 11.3 Å². The molecule has 16 heavy (non-hydrogen) atoms. The van der Waals surface area contributed by atoms with Gasteiger partial charge in [0, 0.05) is 15.6 Å². The summed E-state index contributed by atoms with van der Waals surface area (Å²) >= 11 is 12.0. The largest absolute Gasteiger partial charge is 0.231 e. The average Bonchev–Trinajstić information content (AvgIpc) is 2.77. The second-order valence-electron chi connectivity index (χ2n) is 3.04. The zero-order valence-electron chi connectivity index (χ0n) is 8.01. The summed E-state index contributed by atoms with van der Waals surface area (Å²) in [5.41, 5.74) is 0.541. The summed E-state index contributed by atoms with van der Waals surface area (Å²) in [5, 5.41) is 13.9. The first-order chi connectivity index (χ1) is 7.74. The summed E-state index contributed by atoms with van der Waals surface area (Å²) in [6, 6.07) is 6.53. The molecule has 0 fully saturated rings. The summed E-state index contributed by atoms with van der Waals surface area (Å²) in [7, 11) is 0. The topological polar surface area (TPSA) is 54.5 Å². The van der Waals surface area contributed by atoms with Gasteiger partial charge in [0.1, 0.15) is 12.7 Å². The van der Waals surface area contributed by atoms with Crippen LogP contribution in [0.25, 0.3) is 0 Å². The van der Waals surface area contributed by atoms with Crippen molar-refractivity contribution in [3.63, 3.8) is 0 Å². The number of nitrogens with zero attached hydrogens (tertiary/aromatic N) is 4. The molecule has 0 bridgehead atoms. The molecular weight excluding hydrogens is 247 g/mol. The van der Waals surface area contributed by atoms with Crippen LogP contribution in [0.5, 0.6) is 0 Å². The molecule has 1 aromatic heterocycles. The van der Waals surface area contributed by atoms with Crippen LogP contribution < -0.4 is 0 Å². The second kappa shape index (κ2) is 4.52. The highest BCUT2D eigenvalue weighted by molar-refractivity contribution is 6.36. The van der Waals surface area contributed by atoms with Crippen molar-refractivity contribution in [1.82, 2.24) is 14.8 Å². The van der Waals surface area contributed by atoms with Gasteiger partial charge in [-0.15, -0.1) is 0 Å². The van der Waals surface area contributed by atoms with Gasteiger partial charge in [0.05, 0.1) is 6.07 Å². The van der Waals surface area contributed by atoms with Crippen molar-refractivity contribution in [2.24, 2.45) is 0 Å². The monoisotopic (exact) mass is 252 g/mol. The maximum Gasteiger partial charge on any atom is 0.168 e. The first-order valence-corrected chi connectivity index (χ1v) is 5.17. The molecule has 0 aliphatic carbocycles. The number of halogens is 2. The zero-order valence-corrected chi connectivity index (χ0v) is 9.52. The third-order valence-corrected chi connectivity index (χ3v) is 2.76. The van der Waals surface area contributed by atoms with Gasteiger partial charge in [-0.05, 0) is 12.1 Å². The van der Waals surface area contributed by atoms with Gasteiger partial charge in [-0.2, -0.15) is 10.4 Å². The van der Waals surface area contributed by atoms with Crippen molar-refractivity contribution in [3.05, 3.63) is 46.5 Å². The Kier molecular flexibility index (Phi) is 3.09. The first-order valence-electron chi connectivity index (χ1n) is 4.41. The Hall–Kier alpha value is -1.57. The number of hydrogen-bond acceptors (Lipinski definition) is 3. The Morgan fingerprint density at radius 1 is 1.31 bits per heavy atom. The fourth-order valence-corrected chi connectivity index (χ4v) is 1.98. The lowest BCUT2D eigenvalue weighted by Gasteiger charge is -2.12. The number of aromatic nitrogens is 3. The van der Waals surface area contributed by atoms with Gasteiger partial charge in [0.2, 0.25) is 0 Å². The Morgan fingerprint density at radius 2 is 2.00 bits per heavy atom. The van der Waals surface area contributed by atoms with Crippen LogP contribution in [0.2, 0.25) is 10.0 Å². The highest BCUT2D eigenvalue weighted by Crippen LogP contribution is 2.31. The maximum absolute atomic E-state index is 9.14. The van der Waals surface area contributed by atoms with Gasteiger partial charge in [0.25, 0.3) is 0 Å². The number of hydrogen-bond donors (Lipinski definition) is 0. The van der Waals surface area contributed by atoms with E-state index in [0.29, 0.717) is 15.6 Å².